The number of rotatable bonds is 5. The molecular weight excluding hydrogens is 428 g/mol. The second-order valence-electron chi connectivity index (χ2n) is 7.11. The number of aromatic nitrogens is 2. The quantitative estimate of drug-likeness (QED) is 0.583. The molecule has 2 heterocycles. The SMILES string of the molecule is COC(=O)Nc1nc2c(OC)ccc(-c3csc(CNC(=O)OC(C)(C)C)n3)c2s1. The molecule has 2 amide bonds. The summed E-state index contributed by atoms with van der Waals surface area (Å²) in [4.78, 5) is 32.4. The molecule has 0 unspecified atom stereocenters. The monoisotopic (exact) mass is 450 g/mol. The third-order valence-electron chi connectivity index (χ3n) is 3.73. The zero-order valence-corrected chi connectivity index (χ0v) is 18.8. The number of nitrogens with zero attached hydrogens (tertiary/aromatic N) is 2. The van der Waals surface area contributed by atoms with Crippen LogP contribution < -0.4 is 15.4 Å². The van der Waals surface area contributed by atoms with Crippen LogP contribution in [0.2, 0.25) is 0 Å². The summed E-state index contributed by atoms with van der Waals surface area (Å²) in [6.45, 7) is 5.68. The van der Waals surface area contributed by atoms with E-state index in [4.69, 9.17) is 9.47 Å². The maximum absolute atomic E-state index is 11.8. The van der Waals surface area contributed by atoms with E-state index in [0.717, 1.165) is 21.0 Å². The van der Waals surface area contributed by atoms with Crippen LogP contribution in [0, 0.1) is 0 Å². The van der Waals surface area contributed by atoms with E-state index in [-0.39, 0.29) is 6.54 Å². The summed E-state index contributed by atoms with van der Waals surface area (Å²) >= 11 is 2.72. The van der Waals surface area contributed by atoms with Crippen LogP contribution >= 0.6 is 22.7 Å². The zero-order chi connectivity index (χ0) is 21.9. The Hall–Kier alpha value is -2.92. The molecule has 0 aliphatic heterocycles. The Morgan fingerprint density at radius 3 is 2.57 bits per heavy atom. The molecule has 2 aromatic heterocycles. The van der Waals surface area contributed by atoms with Crippen LogP contribution in [-0.2, 0) is 16.0 Å². The van der Waals surface area contributed by atoms with E-state index in [2.05, 4.69) is 25.3 Å². The molecule has 0 saturated carbocycles. The number of alkyl carbamates (subject to hydrolysis) is 1. The Kier molecular flexibility index (Phi) is 6.42. The molecule has 0 bridgehead atoms. The van der Waals surface area contributed by atoms with Crippen molar-refractivity contribution in [3.05, 3.63) is 22.5 Å². The minimum absolute atomic E-state index is 0.261. The Bertz CT molecular complexity index is 1070. The van der Waals surface area contributed by atoms with E-state index in [0.29, 0.717) is 16.4 Å². The fourth-order valence-electron chi connectivity index (χ4n) is 2.52. The first kappa shape index (κ1) is 21.8. The Labute approximate surface area is 181 Å². The molecule has 1 aromatic carbocycles. The van der Waals surface area contributed by atoms with E-state index in [9.17, 15) is 9.59 Å². The molecule has 160 valence electrons. The van der Waals surface area contributed by atoms with Gasteiger partial charge >= 0.3 is 12.2 Å². The van der Waals surface area contributed by atoms with Gasteiger partial charge in [-0.15, -0.1) is 11.3 Å². The number of hydrogen-bond acceptors (Lipinski definition) is 9. The Morgan fingerprint density at radius 2 is 1.90 bits per heavy atom. The molecule has 30 heavy (non-hydrogen) atoms. The van der Waals surface area contributed by atoms with Gasteiger partial charge in [0.2, 0.25) is 0 Å². The summed E-state index contributed by atoms with van der Waals surface area (Å²) in [6, 6.07) is 3.69. The molecule has 0 fully saturated rings. The first-order chi connectivity index (χ1) is 14.2. The average Bonchev–Trinajstić information content (AvgIpc) is 3.31. The highest BCUT2D eigenvalue weighted by molar-refractivity contribution is 7.23. The highest BCUT2D eigenvalue weighted by atomic mass is 32.1. The number of amides is 2. The second kappa shape index (κ2) is 8.84. The van der Waals surface area contributed by atoms with Crippen molar-refractivity contribution >= 4 is 50.2 Å². The summed E-state index contributed by atoms with van der Waals surface area (Å²) in [7, 11) is 2.85. The molecule has 0 saturated heterocycles. The van der Waals surface area contributed by atoms with Crippen LogP contribution in [0.1, 0.15) is 25.8 Å². The highest BCUT2D eigenvalue weighted by Crippen LogP contribution is 2.39. The van der Waals surface area contributed by atoms with Gasteiger partial charge < -0.3 is 19.5 Å². The standard InChI is InChI=1S/C19H22N4O5S2/c1-19(2,3)28-17(24)20-8-13-21-11(9-29-13)10-6-7-12(26-4)14-15(10)30-16(22-14)23-18(25)27-5/h6-7,9H,8H2,1-5H3,(H,20,24)(H,22,23,25). The number of hydrogen-bond donors (Lipinski definition) is 2. The molecular formula is C19H22N4O5S2. The van der Waals surface area contributed by atoms with Crippen molar-refractivity contribution in [3.8, 4) is 17.0 Å². The molecule has 0 aliphatic carbocycles. The normalized spacial score (nSPS) is 11.2. The lowest BCUT2D eigenvalue weighted by Crippen LogP contribution is -2.32. The van der Waals surface area contributed by atoms with Gasteiger partial charge in [-0.3, -0.25) is 5.32 Å². The van der Waals surface area contributed by atoms with Crippen LogP contribution in [0.25, 0.3) is 21.5 Å². The number of nitrogens with one attached hydrogen (secondary N) is 2. The predicted octanol–water partition coefficient (Wildman–Crippen LogP) is 4.63. The predicted molar refractivity (Wildman–Crippen MR) is 116 cm³/mol. The summed E-state index contributed by atoms with van der Waals surface area (Å²) in [5.41, 5.74) is 1.64. The molecule has 9 nitrogen and oxygen atoms in total. The van der Waals surface area contributed by atoms with Gasteiger partial charge in [0.15, 0.2) is 5.13 Å². The number of carbonyl (C=O) groups is 2. The molecule has 2 N–H and O–H groups in total. The molecule has 3 rings (SSSR count). The summed E-state index contributed by atoms with van der Waals surface area (Å²) < 4.78 is 16.1. The van der Waals surface area contributed by atoms with Gasteiger partial charge in [0, 0.05) is 10.9 Å². The van der Waals surface area contributed by atoms with E-state index >= 15 is 0 Å². The fraction of sp³-hybridized carbons (Fsp3) is 0.368. The number of ether oxygens (including phenoxy) is 3. The van der Waals surface area contributed by atoms with Gasteiger partial charge in [-0.2, -0.15) is 0 Å². The Morgan fingerprint density at radius 1 is 1.13 bits per heavy atom. The average molecular weight is 451 g/mol. The largest absolute Gasteiger partial charge is 0.494 e. The third kappa shape index (κ3) is 5.16. The fourth-order valence-corrected chi connectivity index (χ4v) is 4.24. The smallest absolute Gasteiger partial charge is 0.413 e. The maximum atomic E-state index is 11.8. The van der Waals surface area contributed by atoms with Gasteiger partial charge in [0.05, 0.1) is 31.2 Å². The number of benzene rings is 1. The van der Waals surface area contributed by atoms with Gasteiger partial charge in [-0.25, -0.2) is 19.6 Å². The molecule has 11 heteroatoms. The first-order valence-corrected chi connectivity index (χ1v) is 10.6. The lowest BCUT2D eigenvalue weighted by molar-refractivity contribution is 0.0523. The maximum Gasteiger partial charge on any atom is 0.413 e. The van der Waals surface area contributed by atoms with Crippen LogP contribution in [0.5, 0.6) is 5.75 Å². The van der Waals surface area contributed by atoms with Crippen LogP contribution in [-0.4, -0.2) is 42.0 Å². The highest BCUT2D eigenvalue weighted by Gasteiger charge is 2.19. The van der Waals surface area contributed by atoms with Crippen LogP contribution in [0.4, 0.5) is 14.7 Å². The van der Waals surface area contributed by atoms with Crippen molar-refractivity contribution in [3.63, 3.8) is 0 Å². The van der Waals surface area contributed by atoms with Crippen molar-refractivity contribution < 1.29 is 23.8 Å². The van der Waals surface area contributed by atoms with E-state index in [1.807, 2.05) is 11.4 Å². The van der Waals surface area contributed by atoms with Crippen molar-refractivity contribution in [2.45, 2.75) is 32.9 Å². The van der Waals surface area contributed by atoms with Crippen molar-refractivity contribution in [1.82, 2.24) is 15.3 Å². The van der Waals surface area contributed by atoms with E-state index in [1.165, 1.54) is 29.8 Å². The van der Waals surface area contributed by atoms with Gasteiger partial charge in [-0.1, -0.05) is 11.3 Å². The van der Waals surface area contributed by atoms with Gasteiger partial charge in [0.25, 0.3) is 0 Å². The number of fused-ring (bicyclic) bond motifs is 1. The van der Waals surface area contributed by atoms with E-state index < -0.39 is 17.8 Å². The second-order valence-corrected chi connectivity index (χ2v) is 9.05. The minimum atomic E-state index is -0.598. The van der Waals surface area contributed by atoms with Gasteiger partial charge in [-0.05, 0) is 32.9 Å². The number of methoxy groups -OCH3 is 2. The zero-order valence-electron chi connectivity index (χ0n) is 17.2. The van der Waals surface area contributed by atoms with Gasteiger partial charge in [0.1, 0.15) is 21.9 Å². The van der Waals surface area contributed by atoms with Crippen molar-refractivity contribution in [2.24, 2.45) is 0 Å². The molecule has 0 atom stereocenters. The summed E-state index contributed by atoms with van der Waals surface area (Å²) in [5.74, 6) is 0.588. The number of anilines is 1. The molecule has 3 aromatic rings. The number of thiazole rings is 2. The van der Waals surface area contributed by atoms with Crippen LogP contribution in [0.3, 0.4) is 0 Å². The lowest BCUT2D eigenvalue weighted by atomic mass is 10.1. The topological polar surface area (TPSA) is 112 Å². The summed E-state index contributed by atoms with van der Waals surface area (Å²) in [6.07, 6.45) is -1.09. The lowest BCUT2D eigenvalue weighted by Gasteiger charge is -2.19. The summed E-state index contributed by atoms with van der Waals surface area (Å²) in [5, 5.41) is 8.31. The Balaban J connectivity index is 1.84. The van der Waals surface area contributed by atoms with Crippen molar-refractivity contribution in [2.75, 3.05) is 19.5 Å². The van der Waals surface area contributed by atoms with E-state index in [1.54, 1.807) is 33.9 Å². The number of carbonyl (C=O) groups excluding carboxylic acids is 2. The minimum Gasteiger partial charge on any atom is -0.494 e. The van der Waals surface area contributed by atoms with Crippen LogP contribution in [0.15, 0.2) is 17.5 Å². The van der Waals surface area contributed by atoms with Crippen molar-refractivity contribution in [1.29, 1.82) is 0 Å². The molecule has 0 aliphatic rings. The molecule has 0 radical (unpaired) electrons. The molecule has 0 spiro atoms. The third-order valence-corrected chi connectivity index (χ3v) is 5.58. The first-order valence-electron chi connectivity index (χ1n) is 8.94.